The summed E-state index contributed by atoms with van der Waals surface area (Å²) >= 11 is 6.97. The molecule has 0 heterocycles. The van der Waals surface area contributed by atoms with Crippen molar-refractivity contribution < 1.29 is 19.4 Å². The fourth-order valence-corrected chi connectivity index (χ4v) is 5.89. The lowest BCUT2D eigenvalue weighted by Gasteiger charge is -2.20. The molecule has 5 nitrogen and oxygen atoms in total. The van der Waals surface area contributed by atoms with Gasteiger partial charge in [-0.05, 0) is 89.6 Å². The fourth-order valence-electron chi connectivity index (χ4n) is 4.26. The van der Waals surface area contributed by atoms with Crippen molar-refractivity contribution in [1.29, 1.82) is 0 Å². The number of amides is 1. The quantitative estimate of drug-likeness (QED) is 0.184. The van der Waals surface area contributed by atoms with E-state index in [2.05, 4.69) is 40.3 Å². The maximum Gasteiger partial charge on any atom is 0.326 e. The first kappa shape index (κ1) is 31.3. The van der Waals surface area contributed by atoms with Crippen LogP contribution in [0.15, 0.2) is 71.2 Å². The first-order chi connectivity index (χ1) is 18.8. The van der Waals surface area contributed by atoms with Crippen LogP contribution in [0, 0.1) is 6.92 Å². The van der Waals surface area contributed by atoms with Crippen molar-refractivity contribution in [2.75, 3.05) is 23.5 Å². The van der Waals surface area contributed by atoms with E-state index < -0.39 is 12.0 Å². The summed E-state index contributed by atoms with van der Waals surface area (Å²) in [6.07, 6.45) is 3.14. The van der Waals surface area contributed by atoms with Gasteiger partial charge in [-0.1, -0.05) is 65.3 Å². The van der Waals surface area contributed by atoms with Gasteiger partial charge in [0.15, 0.2) is 0 Å². The molecule has 0 saturated carbocycles. The molecule has 0 aromatic heterocycles. The Labute approximate surface area is 248 Å². The summed E-state index contributed by atoms with van der Waals surface area (Å²) in [4.78, 5) is 25.1. The molecule has 0 aliphatic heterocycles. The van der Waals surface area contributed by atoms with Crippen LogP contribution in [-0.2, 0) is 22.6 Å². The van der Waals surface area contributed by atoms with Crippen LogP contribution in [0.25, 0.3) is 11.1 Å². The monoisotopic (exact) mass is 629 g/mol. The summed E-state index contributed by atoms with van der Waals surface area (Å²) in [6.45, 7) is 4.57. The number of hydrogen-bond acceptors (Lipinski definition) is 5. The number of carboxylic acid groups (broad SMARTS) is 1. The molecule has 0 bridgehead atoms. The van der Waals surface area contributed by atoms with Gasteiger partial charge in [0.2, 0.25) is 0 Å². The first-order valence-electron chi connectivity index (χ1n) is 13.0. The number of thioether (sulfide) groups is 2. The summed E-state index contributed by atoms with van der Waals surface area (Å²) in [5, 5.41) is 12.4. The van der Waals surface area contributed by atoms with Gasteiger partial charge in [-0.2, -0.15) is 23.5 Å². The lowest BCUT2D eigenvalue weighted by atomic mass is 9.93. The molecule has 2 atom stereocenters. The molecule has 0 spiro atoms. The highest BCUT2D eigenvalue weighted by Gasteiger charge is 2.23. The van der Waals surface area contributed by atoms with Gasteiger partial charge >= 0.3 is 5.97 Å². The zero-order valence-corrected chi connectivity index (χ0v) is 25.8. The second-order valence-corrected chi connectivity index (χ2v) is 12.5. The molecule has 3 rings (SSSR count). The molecular weight excluding hydrogens is 594 g/mol. The predicted octanol–water partition coefficient (Wildman–Crippen LogP) is 7.24. The Kier molecular flexibility index (Phi) is 12.9. The SMILES string of the molecule is CCSCC(Cc1cccc(Br)c1)OCc1ccc(C(=O)NC(CCSC)C(=O)O)c(-c2ccccc2C)c1. The average molecular weight is 631 g/mol. The van der Waals surface area contributed by atoms with Gasteiger partial charge < -0.3 is 15.2 Å². The van der Waals surface area contributed by atoms with Crippen LogP contribution in [0.1, 0.15) is 40.4 Å². The molecule has 0 aliphatic rings. The third-order valence-corrected chi connectivity index (χ3v) is 8.48. The summed E-state index contributed by atoms with van der Waals surface area (Å²) in [5.41, 5.74) is 5.38. The molecular formula is C31H36BrNO4S2. The number of aryl methyl sites for hydroxylation is 1. The maximum absolute atomic E-state index is 13.3. The number of carbonyl (C=O) groups is 2. The van der Waals surface area contributed by atoms with Crippen LogP contribution >= 0.6 is 39.5 Å². The summed E-state index contributed by atoms with van der Waals surface area (Å²) in [6, 6.07) is 21.0. The standard InChI is InChI=1S/C31H36BrNO4S2/c1-4-39-20-25(17-22-9-7-10-24(32)16-22)37-19-23-12-13-27(28(18-23)26-11-6-5-8-21(26)2)30(34)33-29(31(35)36)14-15-38-3/h5-13,16,18,25,29H,4,14-15,17,19-20H2,1-3H3,(H,33,34)(H,35,36). The zero-order valence-electron chi connectivity index (χ0n) is 22.6. The van der Waals surface area contributed by atoms with Crippen LogP contribution in [0.4, 0.5) is 0 Å². The Hall–Kier alpha value is -2.26. The molecule has 8 heteroatoms. The molecule has 0 saturated heterocycles. The van der Waals surface area contributed by atoms with E-state index in [4.69, 9.17) is 4.74 Å². The Morgan fingerprint density at radius 1 is 1.03 bits per heavy atom. The second-order valence-electron chi connectivity index (χ2n) is 9.27. The topological polar surface area (TPSA) is 75.6 Å². The Balaban J connectivity index is 1.86. The maximum atomic E-state index is 13.3. The molecule has 1 amide bonds. The van der Waals surface area contributed by atoms with Gasteiger partial charge in [-0.15, -0.1) is 0 Å². The van der Waals surface area contributed by atoms with Crippen molar-refractivity contribution in [1.82, 2.24) is 5.32 Å². The van der Waals surface area contributed by atoms with Gasteiger partial charge in [-0.25, -0.2) is 4.79 Å². The zero-order chi connectivity index (χ0) is 28.2. The first-order valence-corrected chi connectivity index (χ1v) is 16.3. The highest BCUT2D eigenvalue weighted by atomic mass is 79.9. The van der Waals surface area contributed by atoms with Crippen molar-refractivity contribution in [3.05, 3.63) is 93.5 Å². The van der Waals surface area contributed by atoms with Crippen LogP contribution in [-0.4, -0.2) is 52.6 Å². The average Bonchev–Trinajstić information content (AvgIpc) is 2.92. The molecule has 2 N–H and O–H groups in total. The highest BCUT2D eigenvalue weighted by Crippen LogP contribution is 2.29. The van der Waals surface area contributed by atoms with E-state index in [0.717, 1.165) is 44.7 Å². The third-order valence-electron chi connectivity index (χ3n) is 6.32. The smallest absolute Gasteiger partial charge is 0.326 e. The Morgan fingerprint density at radius 2 is 1.82 bits per heavy atom. The number of benzene rings is 3. The van der Waals surface area contributed by atoms with Crippen molar-refractivity contribution in [2.24, 2.45) is 0 Å². The molecule has 0 radical (unpaired) electrons. The minimum Gasteiger partial charge on any atom is -0.480 e. The Bertz CT molecular complexity index is 1250. The van der Waals surface area contributed by atoms with E-state index in [1.54, 1.807) is 17.8 Å². The minimum absolute atomic E-state index is 0.0434. The van der Waals surface area contributed by atoms with E-state index >= 15 is 0 Å². The number of aliphatic carboxylic acids is 1. The number of halogens is 1. The van der Waals surface area contributed by atoms with Crippen LogP contribution in [0.3, 0.4) is 0 Å². The largest absolute Gasteiger partial charge is 0.480 e. The lowest BCUT2D eigenvalue weighted by molar-refractivity contribution is -0.139. The molecule has 3 aromatic carbocycles. The summed E-state index contributed by atoms with van der Waals surface area (Å²) in [5.74, 6) is 1.15. The van der Waals surface area contributed by atoms with E-state index in [9.17, 15) is 14.7 Å². The Morgan fingerprint density at radius 3 is 2.51 bits per heavy atom. The summed E-state index contributed by atoms with van der Waals surface area (Å²) in [7, 11) is 0. The van der Waals surface area contributed by atoms with Crippen molar-refractivity contribution in [3.63, 3.8) is 0 Å². The number of nitrogens with one attached hydrogen (secondary N) is 1. The normalized spacial score (nSPS) is 12.6. The van der Waals surface area contributed by atoms with E-state index in [-0.39, 0.29) is 12.0 Å². The molecule has 39 heavy (non-hydrogen) atoms. The molecule has 0 fully saturated rings. The number of carboxylic acids is 1. The van der Waals surface area contributed by atoms with Crippen molar-refractivity contribution in [3.8, 4) is 11.1 Å². The second kappa shape index (κ2) is 16.1. The molecule has 3 aromatic rings. The van der Waals surface area contributed by atoms with Gasteiger partial charge in [0.05, 0.1) is 12.7 Å². The lowest BCUT2D eigenvalue weighted by Crippen LogP contribution is -2.41. The third kappa shape index (κ3) is 9.71. The molecule has 2 unspecified atom stereocenters. The van der Waals surface area contributed by atoms with E-state index in [1.807, 2.05) is 73.5 Å². The highest BCUT2D eigenvalue weighted by molar-refractivity contribution is 9.10. The summed E-state index contributed by atoms with van der Waals surface area (Å²) < 4.78 is 7.47. The number of rotatable bonds is 15. The molecule has 208 valence electrons. The van der Waals surface area contributed by atoms with Gasteiger partial charge in [0.25, 0.3) is 5.91 Å². The number of hydrogen-bond donors (Lipinski definition) is 2. The number of carbonyl (C=O) groups excluding carboxylic acids is 1. The predicted molar refractivity (Wildman–Crippen MR) is 168 cm³/mol. The van der Waals surface area contributed by atoms with Crippen molar-refractivity contribution in [2.45, 2.75) is 45.4 Å². The van der Waals surface area contributed by atoms with Gasteiger partial charge in [0.1, 0.15) is 6.04 Å². The van der Waals surface area contributed by atoms with Gasteiger partial charge in [-0.3, -0.25) is 4.79 Å². The molecule has 0 aliphatic carbocycles. The van der Waals surface area contributed by atoms with Crippen molar-refractivity contribution >= 4 is 51.3 Å². The van der Waals surface area contributed by atoms with Crippen LogP contribution in [0.5, 0.6) is 0 Å². The fraction of sp³-hybridized carbons (Fsp3) is 0.355. The van der Waals surface area contributed by atoms with E-state index in [0.29, 0.717) is 24.3 Å². The van der Waals surface area contributed by atoms with Crippen LogP contribution < -0.4 is 5.32 Å². The van der Waals surface area contributed by atoms with E-state index in [1.165, 1.54) is 5.56 Å². The van der Waals surface area contributed by atoms with Gasteiger partial charge in [0, 0.05) is 15.8 Å². The number of ether oxygens (including phenoxy) is 1. The van der Waals surface area contributed by atoms with Crippen LogP contribution in [0.2, 0.25) is 0 Å². The minimum atomic E-state index is -1.03.